The first-order valence-corrected chi connectivity index (χ1v) is 11.1. The third-order valence-corrected chi connectivity index (χ3v) is 5.15. The first-order valence-electron chi connectivity index (χ1n) is 7.22. The SMILES string of the molecule is CS(=O)/C=C\CC/C(=N/OS(=O)(=O)[O-])S[C@@H]1O[C@H](CO)[C@@H](O)[C@H](O)[C@H]1O.[K+]. The Hall–Kier alpha value is 1.06. The van der Waals surface area contributed by atoms with Crippen molar-refractivity contribution >= 4 is 38.0 Å². The van der Waals surface area contributed by atoms with Gasteiger partial charge in [0.15, 0.2) is 0 Å². The van der Waals surface area contributed by atoms with Crippen LogP contribution in [0.3, 0.4) is 0 Å². The third-order valence-electron chi connectivity index (χ3n) is 3.14. The molecule has 1 unspecified atom stereocenters. The minimum absolute atomic E-state index is 0. The van der Waals surface area contributed by atoms with Gasteiger partial charge < -0.3 is 29.7 Å². The minimum Gasteiger partial charge on any atom is -0.714 e. The van der Waals surface area contributed by atoms with Crippen molar-refractivity contribution in [1.82, 2.24) is 0 Å². The van der Waals surface area contributed by atoms with Crippen LogP contribution in [0.25, 0.3) is 0 Å². The summed E-state index contributed by atoms with van der Waals surface area (Å²) in [6.45, 7) is -0.634. The average molecular weight is 474 g/mol. The molecule has 0 bridgehead atoms. The molecule has 0 aliphatic carbocycles. The van der Waals surface area contributed by atoms with Crippen LogP contribution in [0.4, 0.5) is 0 Å². The van der Waals surface area contributed by atoms with Gasteiger partial charge in [-0.05, 0) is 11.8 Å². The number of hydrogen-bond donors (Lipinski definition) is 4. The first kappa shape index (κ1) is 28.1. The van der Waals surface area contributed by atoms with Crippen molar-refractivity contribution in [1.29, 1.82) is 0 Å². The summed E-state index contributed by atoms with van der Waals surface area (Å²) in [6.07, 6.45) is -2.62. The van der Waals surface area contributed by atoms with Crippen LogP contribution in [-0.2, 0) is 30.2 Å². The summed E-state index contributed by atoms with van der Waals surface area (Å²) < 4.78 is 51.8. The predicted octanol–water partition coefficient (Wildman–Crippen LogP) is -5.01. The second-order valence-corrected chi connectivity index (χ2v) is 8.60. The molecule has 1 saturated heterocycles. The molecule has 0 aromatic carbocycles. The van der Waals surface area contributed by atoms with Crippen molar-refractivity contribution in [3.8, 4) is 0 Å². The van der Waals surface area contributed by atoms with Crippen LogP contribution in [0.2, 0.25) is 0 Å². The number of allylic oxidation sites excluding steroid dienone is 1. The summed E-state index contributed by atoms with van der Waals surface area (Å²) in [4.78, 5) is 0. The van der Waals surface area contributed by atoms with E-state index in [0.717, 1.165) is 0 Å². The topological polar surface area (TPSA) is 186 Å². The first-order chi connectivity index (χ1) is 12.0. The van der Waals surface area contributed by atoms with Crippen LogP contribution in [0.1, 0.15) is 12.8 Å². The Bertz CT molecular complexity index is 641. The molecule has 0 aromatic heterocycles. The fourth-order valence-electron chi connectivity index (χ4n) is 1.92. The monoisotopic (exact) mass is 473 g/mol. The van der Waals surface area contributed by atoms with E-state index < -0.39 is 57.7 Å². The van der Waals surface area contributed by atoms with E-state index in [4.69, 9.17) is 9.84 Å². The van der Waals surface area contributed by atoms with Gasteiger partial charge in [-0.3, -0.25) is 8.49 Å². The molecule has 152 valence electrons. The van der Waals surface area contributed by atoms with Crippen molar-refractivity contribution < 1.29 is 98.0 Å². The Kier molecular flexibility index (Phi) is 13.9. The van der Waals surface area contributed by atoms with Crippen LogP contribution in [0, 0.1) is 0 Å². The maximum atomic E-state index is 11.0. The molecule has 6 atom stereocenters. The van der Waals surface area contributed by atoms with Crippen molar-refractivity contribution in [3.05, 3.63) is 11.5 Å². The van der Waals surface area contributed by atoms with E-state index in [0.29, 0.717) is 11.8 Å². The van der Waals surface area contributed by atoms with Crippen molar-refractivity contribution in [2.75, 3.05) is 12.9 Å². The van der Waals surface area contributed by atoms with E-state index in [1.807, 2.05) is 0 Å². The Labute approximate surface area is 206 Å². The summed E-state index contributed by atoms with van der Waals surface area (Å²) in [5, 5.41) is 43.1. The predicted molar refractivity (Wildman–Crippen MR) is 92.0 cm³/mol. The standard InChI is InChI=1S/C12H21NO10S3.K/c1-25(18)5-3-2-4-8(13-23-26(19,20)21)24-12-11(17)10(16)9(15)7(6-14)22-12;/h3,5,7,9-12,14-17H,2,4,6H2,1H3,(H,19,20,21);/q;+1/p-1/b5-3-,13-8-;/t7-,9-,10+,11-,12+,25?;/m1./s1. The number of ether oxygens (including phenoxy) is 1. The van der Waals surface area contributed by atoms with Gasteiger partial charge in [-0.1, -0.05) is 23.0 Å². The number of rotatable bonds is 8. The molecule has 0 amide bonds. The Morgan fingerprint density at radius 3 is 2.48 bits per heavy atom. The van der Waals surface area contributed by atoms with Crippen molar-refractivity contribution in [3.63, 3.8) is 0 Å². The summed E-state index contributed by atoms with van der Waals surface area (Å²) in [5.41, 5.74) is -1.22. The van der Waals surface area contributed by atoms with Gasteiger partial charge in [0.25, 0.3) is 10.4 Å². The average Bonchev–Trinajstić information content (AvgIpc) is 2.55. The molecule has 1 aliphatic heterocycles. The van der Waals surface area contributed by atoms with E-state index in [1.165, 1.54) is 17.7 Å². The maximum absolute atomic E-state index is 11.0. The van der Waals surface area contributed by atoms with Gasteiger partial charge in [0.1, 0.15) is 34.9 Å². The van der Waals surface area contributed by atoms with Crippen molar-refractivity contribution in [2.24, 2.45) is 5.16 Å². The number of aliphatic hydroxyl groups is 4. The van der Waals surface area contributed by atoms with Crippen LogP contribution < -0.4 is 51.4 Å². The zero-order valence-electron chi connectivity index (χ0n) is 14.6. The Morgan fingerprint density at radius 1 is 1.33 bits per heavy atom. The summed E-state index contributed by atoms with van der Waals surface area (Å²) >= 11 is 0.656. The summed E-state index contributed by atoms with van der Waals surface area (Å²) in [5.74, 6) is 0. The van der Waals surface area contributed by atoms with Gasteiger partial charge in [0.05, 0.1) is 6.61 Å². The summed E-state index contributed by atoms with van der Waals surface area (Å²) in [6, 6.07) is 0. The number of aliphatic hydroxyl groups excluding tert-OH is 4. The third kappa shape index (κ3) is 10.6. The van der Waals surface area contributed by atoms with Gasteiger partial charge in [-0.15, -0.1) is 0 Å². The molecule has 4 N–H and O–H groups in total. The molecule has 1 fully saturated rings. The van der Waals surface area contributed by atoms with Gasteiger partial charge in [0, 0.05) is 23.5 Å². The van der Waals surface area contributed by atoms with Crippen LogP contribution in [0.15, 0.2) is 16.6 Å². The van der Waals surface area contributed by atoms with Crippen molar-refractivity contribution in [2.45, 2.75) is 42.7 Å². The molecular formula is C12H20KNO10S3. The molecule has 1 heterocycles. The minimum atomic E-state index is -5.10. The molecule has 0 aromatic rings. The normalized spacial score (nSPS) is 30.7. The van der Waals surface area contributed by atoms with Crippen LogP contribution in [-0.4, -0.2) is 85.4 Å². The number of oxime groups is 1. The molecule has 0 spiro atoms. The molecule has 15 heteroatoms. The van der Waals surface area contributed by atoms with Gasteiger partial charge in [-0.25, -0.2) is 0 Å². The quantitative estimate of drug-likeness (QED) is 0.0660. The molecule has 27 heavy (non-hydrogen) atoms. The van der Waals surface area contributed by atoms with E-state index in [-0.39, 0.29) is 69.3 Å². The zero-order valence-corrected chi connectivity index (χ0v) is 20.1. The van der Waals surface area contributed by atoms with E-state index >= 15 is 0 Å². The Balaban J connectivity index is 0.00000676. The summed E-state index contributed by atoms with van der Waals surface area (Å²) in [7, 11) is -6.29. The maximum Gasteiger partial charge on any atom is 1.00 e. The molecule has 0 radical (unpaired) electrons. The van der Waals surface area contributed by atoms with Gasteiger partial charge in [-0.2, -0.15) is 8.42 Å². The zero-order chi connectivity index (χ0) is 19.9. The molecular weight excluding hydrogens is 453 g/mol. The number of nitrogens with zero attached hydrogens (tertiary/aromatic N) is 1. The van der Waals surface area contributed by atoms with Gasteiger partial charge in [0.2, 0.25) is 0 Å². The van der Waals surface area contributed by atoms with Gasteiger partial charge >= 0.3 is 51.4 Å². The van der Waals surface area contributed by atoms with Crippen LogP contribution >= 0.6 is 11.8 Å². The second-order valence-electron chi connectivity index (χ2n) is 5.19. The van der Waals surface area contributed by atoms with E-state index in [2.05, 4.69) is 9.44 Å². The molecule has 1 rings (SSSR count). The molecule has 11 nitrogen and oxygen atoms in total. The largest absolute Gasteiger partial charge is 1.00 e. The second kappa shape index (κ2) is 13.4. The fraction of sp³-hybridized carbons (Fsp3) is 0.750. The van der Waals surface area contributed by atoms with Crippen LogP contribution in [0.5, 0.6) is 0 Å². The number of hydrogen-bond acceptors (Lipinski definition) is 12. The molecule has 0 saturated carbocycles. The number of thioether (sulfide) groups is 1. The fourth-order valence-corrected chi connectivity index (χ4v) is 3.64. The Morgan fingerprint density at radius 2 is 1.96 bits per heavy atom. The van der Waals surface area contributed by atoms with E-state index in [9.17, 15) is 32.5 Å². The van der Waals surface area contributed by atoms with E-state index in [1.54, 1.807) is 0 Å². The molecule has 1 aliphatic rings. The smallest absolute Gasteiger partial charge is 0.714 e.